The minimum Gasteiger partial charge on any atom is -0.255 e. The predicted octanol–water partition coefficient (Wildman–Crippen LogP) is 4.65. The summed E-state index contributed by atoms with van der Waals surface area (Å²) >= 11 is 10.6. The number of aromatic nitrogens is 1. The van der Waals surface area contributed by atoms with Crippen LogP contribution < -0.4 is 0 Å². The summed E-state index contributed by atoms with van der Waals surface area (Å²) in [6.45, 7) is 0. The zero-order chi connectivity index (χ0) is 10.1. The Labute approximate surface area is 107 Å². The third-order valence-corrected chi connectivity index (χ3v) is 4.14. The molecule has 0 unspecified atom stereocenters. The minimum absolute atomic E-state index is 0.830. The molecule has 1 heterocycles. The zero-order valence-corrected chi connectivity index (χ0v) is 11.9. The van der Waals surface area contributed by atoms with Crippen LogP contribution in [0.3, 0.4) is 0 Å². The maximum Gasteiger partial charge on any atom is 0.0855 e. The molecule has 2 aromatic rings. The number of rotatable bonds is 1. The molecule has 0 aliphatic rings. The van der Waals surface area contributed by atoms with E-state index in [1.165, 1.54) is 5.56 Å². The molecule has 4 heteroatoms. The van der Waals surface area contributed by atoms with E-state index in [4.69, 9.17) is 0 Å². The van der Waals surface area contributed by atoms with E-state index in [0.717, 1.165) is 25.2 Å². The van der Waals surface area contributed by atoms with Crippen molar-refractivity contribution in [1.29, 1.82) is 0 Å². The Kier molecular flexibility index (Phi) is 3.24. The second kappa shape index (κ2) is 4.29. The van der Waals surface area contributed by atoms with Crippen LogP contribution in [0.4, 0.5) is 0 Å². The molecular formula is C10H6Br3N. The van der Waals surface area contributed by atoms with Gasteiger partial charge in [-0.15, -0.1) is 0 Å². The average Bonchev–Trinajstić information content (AvgIpc) is 2.23. The van der Waals surface area contributed by atoms with Crippen LogP contribution in [0.5, 0.6) is 0 Å². The molecule has 0 saturated carbocycles. The molecule has 0 bridgehead atoms. The number of pyridine rings is 1. The maximum absolute atomic E-state index is 4.32. The number of alkyl halides is 1. The summed E-state index contributed by atoms with van der Waals surface area (Å²) in [6.07, 6.45) is 1.80. The number of hydrogen-bond donors (Lipinski definition) is 0. The summed E-state index contributed by atoms with van der Waals surface area (Å²) in [7, 11) is 0. The average molecular weight is 380 g/mol. The maximum atomic E-state index is 4.32. The summed E-state index contributed by atoms with van der Waals surface area (Å²) in [5.41, 5.74) is 2.21. The highest BCUT2D eigenvalue weighted by atomic mass is 79.9. The Bertz CT molecular complexity index is 482. The number of halogens is 3. The summed E-state index contributed by atoms with van der Waals surface area (Å²) in [5.74, 6) is 0. The Morgan fingerprint density at radius 2 is 2.07 bits per heavy atom. The van der Waals surface area contributed by atoms with Gasteiger partial charge in [-0.05, 0) is 49.6 Å². The lowest BCUT2D eigenvalue weighted by molar-refractivity contribution is 1.35. The fourth-order valence-corrected chi connectivity index (χ4v) is 3.31. The first-order valence-electron chi connectivity index (χ1n) is 4.01. The third-order valence-electron chi connectivity index (χ3n) is 2.00. The van der Waals surface area contributed by atoms with Crippen molar-refractivity contribution < 1.29 is 0 Å². The van der Waals surface area contributed by atoms with Crippen LogP contribution in [-0.4, -0.2) is 4.98 Å². The lowest BCUT2D eigenvalue weighted by Gasteiger charge is -2.06. The number of nitrogens with zero attached hydrogens (tertiary/aromatic N) is 1. The molecule has 0 spiro atoms. The highest BCUT2D eigenvalue weighted by Crippen LogP contribution is 2.33. The molecule has 2 rings (SSSR count). The van der Waals surface area contributed by atoms with E-state index in [-0.39, 0.29) is 0 Å². The molecule has 1 aromatic carbocycles. The Morgan fingerprint density at radius 1 is 1.29 bits per heavy atom. The second-order valence-corrected chi connectivity index (χ2v) is 5.07. The first-order valence-corrected chi connectivity index (χ1v) is 6.72. The fourth-order valence-electron chi connectivity index (χ4n) is 1.33. The molecule has 0 atom stereocenters. The van der Waals surface area contributed by atoms with E-state index >= 15 is 0 Å². The van der Waals surface area contributed by atoms with Crippen LogP contribution in [0, 0.1) is 0 Å². The molecule has 0 saturated heterocycles. The molecule has 0 amide bonds. The first kappa shape index (κ1) is 10.6. The monoisotopic (exact) mass is 377 g/mol. The van der Waals surface area contributed by atoms with Crippen molar-refractivity contribution in [3.8, 4) is 0 Å². The van der Waals surface area contributed by atoms with E-state index in [1.54, 1.807) is 6.20 Å². The van der Waals surface area contributed by atoms with Gasteiger partial charge in [0.15, 0.2) is 0 Å². The van der Waals surface area contributed by atoms with E-state index in [1.807, 2.05) is 6.07 Å². The molecule has 14 heavy (non-hydrogen) atoms. The Morgan fingerprint density at radius 3 is 2.79 bits per heavy atom. The Balaban J connectivity index is 2.87. The first-order chi connectivity index (χ1) is 6.74. The summed E-state index contributed by atoms with van der Waals surface area (Å²) in [5, 5.41) is 1.97. The van der Waals surface area contributed by atoms with Crippen molar-refractivity contribution in [2.75, 3.05) is 0 Å². The molecule has 72 valence electrons. The normalized spacial score (nSPS) is 10.8. The molecule has 0 aliphatic carbocycles. The van der Waals surface area contributed by atoms with Crippen LogP contribution in [-0.2, 0) is 5.33 Å². The molecule has 0 radical (unpaired) electrons. The van der Waals surface area contributed by atoms with Crippen molar-refractivity contribution in [3.63, 3.8) is 0 Å². The van der Waals surface area contributed by atoms with Crippen molar-refractivity contribution >= 4 is 58.7 Å². The van der Waals surface area contributed by atoms with Gasteiger partial charge in [0.1, 0.15) is 0 Å². The molecular weight excluding hydrogens is 374 g/mol. The van der Waals surface area contributed by atoms with Gasteiger partial charge in [0, 0.05) is 25.9 Å². The second-order valence-electron chi connectivity index (χ2n) is 2.86. The van der Waals surface area contributed by atoms with Gasteiger partial charge in [0.05, 0.1) is 5.52 Å². The van der Waals surface area contributed by atoms with Gasteiger partial charge in [-0.25, -0.2) is 0 Å². The lowest BCUT2D eigenvalue weighted by Crippen LogP contribution is -1.86. The van der Waals surface area contributed by atoms with Crippen molar-refractivity contribution in [2.45, 2.75) is 5.33 Å². The largest absolute Gasteiger partial charge is 0.255 e. The standard InChI is InChI=1S/C10H6Br3N/c11-5-6-4-8(12)10-7(9(6)13)2-1-3-14-10/h1-4H,5H2. The molecule has 1 aromatic heterocycles. The van der Waals surface area contributed by atoms with E-state index in [2.05, 4.69) is 64.9 Å². The topological polar surface area (TPSA) is 12.9 Å². The lowest BCUT2D eigenvalue weighted by atomic mass is 10.1. The fraction of sp³-hybridized carbons (Fsp3) is 0.100. The highest BCUT2D eigenvalue weighted by Gasteiger charge is 2.08. The van der Waals surface area contributed by atoms with Gasteiger partial charge in [-0.1, -0.05) is 22.0 Å². The molecule has 0 aliphatic heterocycles. The molecule has 1 nitrogen and oxygen atoms in total. The summed E-state index contributed by atoms with van der Waals surface area (Å²) < 4.78 is 2.14. The number of benzene rings is 1. The van der Waals surface area contributed by atoms with Crippen LogP contribution >= 0.6 is 47.8 Å². The van der Waals surface area contributed by atoms with Crippen molar-refractivity contribution in [3.05, 3.63) is 38.9 Å². The zero-order valence-electron chi connectivity index (χ0n) is 7.10. The SMILES string of the molecule is BrCc1cc(Br)c2ncccc2c1Br. The van der Waals surface area contributed by atoms with E-state index in [9.17, 15) is 0 Å². The summed E-state index contributed by atoms with van der Waals surface area (Å²) in [4.78, 5) is 4.32. The number of fused-ring (bicyclic) bond motifs is 1. The van der Waals surface area contributed by atoms with Gasteiger partial charge < -0.3 is 0 Å². The van der Waals surface area contributed by atoms with Gasteiger partial charge in [-0.2, -0.15) is 0 Å². The van der Waals surface area contributed by atoms with Crippen molar-refractivity contribution in [1.82, 2.24) is 4.98 Å². The van der Waals surface area contributed by atoms with Gasteiger partial charge in [-0.3, -0.25) is 4.98 Å². The van der Waals surface area contributed by atoms with E-state index < -0.39 is 0 Å². The quantitative estimate of drug-likeness (QED) is 0.657. The smallest absolute Gasteiger partial charge is 0.0855 e. The van der Waals surface area contributed by atoms with Gasteiger partial charge in [0.2, 0.25) is 0 Å². The predicted molar refractivity (Wildman–Crippen MR) is 69.8 cm³/mol. The van der Waals surface area contributed by atoms with Crippen LogP contribution in [0.2, 0.25) is 0 Å². The van der Waals surface area contributed by atoms with E-state index in [0.29, 0.717) is 0 Å². The minimum atomic E-state index is 0.830. The number of hydrogen-bond acceptors (Lipinski definition) is 1. The van der Waals surface area contributed by atoms with Crippen LogP contribution in [0.1, 0.15) is 5.56 Å². The molecule has 0 fully saturated rings. The van der Waals surface area contributed by atoms with Gasteiger partial charge in [0.25, 0.3) is 0 Å². The van der Waals surface area contributed by atoms with Crippen LogP contribution in [0.25, 0.3) is 10.9 Å². The van der Waals surface area contributed by atoms with Crippen molar-refractivity contribution in [2.24, 2.45) is 0 Å². The highest BCUT2D eigenvalue weighted by molar-refractivity contribution is 9.11. The van der Waals surface area contributed by atoms with Gasteiger partial charge >= 0.3 is 0 Å². The molecule has 0 N–H and O–H groups in total. The van der Waals surface area contributed by atoms with Crippen LogP contribution in [0.15, 0.2) is 33.3 Å². The third kappa shape index (κ3) is 1.75. The summed E-state index contributed by atoms with van der Waals surface area (Å²) in [6, 6.07) is 6.08. The Hall–Kier alpha value is 0.0700.